The Bertz CT molecular complexity index is 833. The molecule has 1 saturated heterocycles. The SMILES string of the molecule is O=C(NCC1CC(=O)N(Cc2ccc(F)cc2)C1)c1ccc([N+](=O)[O-])o1. The number of carbonyl (C=O) groups excluding carboxylic acids is 2. The van der Waals surface area contributed by atoms with Crippen LogP contribution in [0.25, 0.3) is 0 Å². The van der Waals surface area contributed by atoms with Gasteiger partial charge in [0.1, 0.15) is 10.7 Å². The molecule has 1 aromatic heterocycles. The van der Waals surface area contributed by atoms with Crippen LogP contribution in [0.2, 0.25) is 0 Å². The van der Waals surface area contributed by atoms with E-state index in [9.17, 15) is 24.1 Å². The van der Waals surface area contributed by atoms with Gasteiger partial charge < -0.3 is 14.6 Å². The molecule has 1 unspecified atom stereocenters. The van der Waals surface area contributed by atoms with Crippen LogP contribution in [-0.4, -0.2) is 34.7 Å². The van der Waals surface area contributed by atoms with E-state index in [0.717, 1.165) is 11.6 Å². The molecule has 0 saturated carbocycles. The Morgan fingerprint density at radius 1 is 1.31 bits per heavy atom. The van der Waals surface area contributed by atoms with Crippen LogP contribution in [0.15, 0.2) is 40.8 Å². The number of likely N-dealkylation sites (tertiary alicyclic amines) is 1. The lowest BCUT2D eigenvalue weighted by Gasteiger charge is -2.17. The smallest absolute Gasteiger partial charge is 0.395 e. The molecule has 1 aliphatic rings. The number of benzene rings is 1. The first-order valence-electron chi connectivity index (χ1n) is 7.97. The van der Waals surface area contributed by atoms with Crippen molar-refractivity contribution in [2.45, 2.75) is 13.0 Å². The molecule has 0 spiro atoms. The minimum absolute atomic E-state index is 0.0396. The highest BCUT2D eigenvalue weighted by Gasteiger charge is 2.30. The van der Waals surface area contributed by atoms with Crippen LogP contribution in [0, 0.1) is 21.8 Å². The molecular formula is C17H16FN3O5. The first kappa shape index (κ1) is 17.6. The first-order chi connectivity index (χ1) is 12.4. The summed E-state index contributed by atoms with van der Waals surface area (Å²) in [5.41, 5.74) is 0.826. The summed E-state index contributed by atoms with van der Waals surface area (Å²) in [4.78, 5) is 35.5. The Morgan fingerprint density at radius 2 is 2.04 bits per heavy atom. The molecule has 0 radical (unpaired) electrons. The maximum atomic E-state index is 12.9. The van der Waals surface area contributed by atoms with Gasteiger partial charge in [-0.1, -0.05) is 12.1 Å². The molecule has 136 valence electrons. The Labute approximate surface area is 147 Å². The average molecular weight is 361 g/mol. The van der Waals surface area contributed by atoms with Crippen molar-refractivity contribution in [2.75, 3.05) is 13.1 Å². The van der Waals surface area contributed by atoms with E-state index in [1.165, 1.54) is 18.2 Å². The number of halogens is 1. The van der Waals surface area contributed by atoms with Crippen LogP contribution < -0.4 is 5.32 Å². The lowest BCUT2D eigenvalue weighted by molar-refractivity contribution is -0.402. The van der Waals surface area contributed by atoms with Gasteiger partial charge in [-0.3, -0.25) is 19.7 Å². The van der Waals surface area contributed by atoms with E-state index in [-0.39, 0.29) is 29.9 Å². The van der Waals surface area contributed by atoms with Crippen LogP contribution in [0.3, 0.4) is 0 Å². The zero-order valence-corrected chi connectivity index (χ0v) is 13.7. The summed E-state index contributed by atoms with van der Waals surface area (Å²) in [6.07, 6.45) is 0.291. The average Bonchev–Trinajstić information content (AvgIpc) is 3.22. The molecule has 0 aliphatic carbocycles. The van der Waals surface area contributed by atoms with Gasteiger partial charge in [0.25, 0.3) is 5.91 Å². The molecule has 1 fully saturated rings. The normalized spacial score (nSPS) is 16.7. The molecule has 2 aromatic rings. The maximum absolute atomic E-state index is 12.9. The number of furan rings is 1. The quantitative estimate of drug-likeness (QED) is 0.626. The second-order valence-corrected chi connectivity index (χ2v) is 6.08. The highest BCUT2D eigenvalue weighted by atomic mass is 19.1. The van der Waals surface area contributed by atoms with Crippen molar-refractivity contribution >= 4 is 17.7 Å². The standard InChI is InChI=1S/C17H16FN3O5/c18-13-3-1-11(2-4-13)9-20-10-12(7-15(20)22)8-19-17(23)14-5-6-16(26-14)21(24)25/h1-6,12H,7-10H2,(H,19,23). The molecule has 1 aromatic carbocycles. The van der Waals surface area contributed by atoms with E-state index in [1.807, 2.05) is 0 Å². The van der Waals surface area contributed by atoms with Gasteiger partial charge in [-0.05, 0) is 23.8 Å². The number of hydrogen-bond acceptors (Lipinski definition) is 5. The molecule has 1 N–H and O–H groups in total. The van der Waals surface area contributed by atoms with Gasteiger partial charge in [-0.25, -0.2) is 4.39 Å². The lowest BCUT2D eigenvalue weighted by Crippen LogP contribution is -2.31. The van der Waals surface area contributed by atoms with Gasteiger partial charge in [0.2, 0.25) is 5.91 Å². The zero-order valence-electron chi connectivity index (χ0n) is 13.7. The Morgan fingerprint density at radius 3 is 2.69 bits per heavy atom. The number of hydrogen-bond donors (Lipinski definition) is 1. The molecular weight excluding hydrogens is 345 g/mol. The molecule has 9 heteroatoms. The van der Waals surface area contributed by atoms with E-state index < -0.39 is 16.7 Å². The number of amides is 2. The summed E-state index contributed by atoms with van der Waals surface area (Å²) in [5, 5.41) is 13.2. The van der Waals surface area contributed by atoms with E-state index >= 15 is 0 Å². The van der Waals surface area contributed by atoms with E-state index in [0.29, 0.717) is 19.5 Å². The summed E-state index contributed by atoms with van der Waals surface area (Å²) in [6, 6.07) is 8.28. The second kappa shape index (κ2) is 7.34. The maximum Gasteiger partial charge on any atom is 0.433 e. The van der Waals surface area contributed by atoms with Crippen LogP contribution in [0.5, 0.6) is 0 Å². The topological polar surface area (TPSA) is 106 Å². The predicted octanol–water partition coefficient (Wildman–Crippen LogP) is 2.11. The fraction of sp³-hybridized carbons (Fsp3) is 0.294. The molecule has 1 atom stereocenters. The van der Waals surface area contributed by atoms with Gasteiger partial charge in [-0.15, -0.1) is 0 Å². The summed E-state index contributed by atoms with van der Waals surface area (Å²) in [5.74, 6) is -1.66. The van der Waals surface area contributed by atoms with Crippen molar-refractivity contribution in [3.63, 3.8) is 0 Å². The zero-order chi connectivity index (χ0) is 18.7. The largest absolute Gasteiger partial charge is 0.433 e. The number of nitrogens with one attached hydrogen (secondary N) is 1. The number of rotatable bonds is 6. The lowest BCUT2D eigenvalue weighted by atomic mass is 10.1. The van der Waals surface area contributed by atoms with Crippen LogP contribution >= 0.6 is 0 Å². The minimum atomic E-state index is -0.722. The summed E-state index contributed by atoms with van der Waals surface area (Å²) in [6.45, 7) is 1.10. The molecule has 3 rings (SSSR count). The summed E-state index contributed by atoms with van der Waals surface area (Å²) >= 11 is 0. The minimum Gasteiger partial charge on any atom is -0.395 e. The van der Waals surface area contributed by atoms with Crippen molar-refractivity contribution < 1.29 is 23.3 Å². The summed E-state index contributed by atoms with van der Waals surface area (Å²) < 4.78 is 17.8. The molecule has 1 aliphatic heterocycles. The Kier molecular flexibility index (Phi) is 4.97. The second-order valence-electron chi connectivity index (χ2n) is 6.08. The van der Waals surface area contributed by atoms with E-state index in [4.69, 9.17) is 4.42 Å². The van der Waals surface area contributed by atoms with Crippen molar-refractivity contribution in [3.8, 4) is 0 Å². The van der Waals surface area contributed by atoms with Gasteiger partial charge >= 0.3 is 5.88 Å². The monoisotopic (exact) mass is 361 g/mol. The molecule has 26 heavy (non-hydrogen) atoms. The van der Waals surface area contributed by atoms with Crippen LogP contribution in [0.4, 0.5) is 10.3 Å². The Hall–Kier alpha value is -3.23. The molecule has 2 amide bonds. The Balaban J connectivity index is 1.51. The van der Waals surface area contributed by atoms with Crippen molar-refractivity contribution in [1.29, 1.82) is 0 Å². The van der Waals surface area contributed by atoms with Gasteiger partial charge in [-0.2, -0.15) is 0 Å². The van der Waals surface area contributed by atoms with Crippen LogP contribution in [-0.2, 0) is 11.3 Å². The van der Waals surface area contributed by atoms with E-state index in [2.05, 4.69) is 5.32 Å². The van der Waals surface area contributed by atoms with Gasteiger partial charge in [0.05, 0.1) is 6.07 Å². The highest BCUT2D eigenvalue weighted by molar-refractivity contribution is 5.91. The highest BCUT2D eigenvalue weighted by Crippen LogP contribution is 2.20. The fourth-order valence-corrected chi connectivity index (χ4v) is 2.83. The third-order valence-electron chi connectivity index (χ3n) is 4.13. The number of nitrogens with zero attached hydrogens (tertiary/aromatic N) is 2. The number of carbonyl (C=O) groups is 2. The molecule has 8 nitrogen and oxygen atoms in total. The van der Waals surface area contributed by atoms with Gasteiger partial charge in [0, 0.05) is 32.0 Å². The van der Waals surface area contributed by atoms with Crippen molar-refractivity contribution in [2.24, 2.45) is 5.92 Å². The molecule has 0 bridgehead atoms. The van der Waals surface area contributed by atoms with Crippen LogP contribution in [0.1, 0.15) is 22.5 Å². The molecule has 2 heterocycles. The third-order valence-corrected chi connectivity index (χ3v) is 4.13. The summed E-state index contributed by atoms with van der Waals surface area (Å²) in [7, 11) is 0. The van der Waals surface area contributed by atoms with Crippen molar-refractivity contribution in [3.05, 3.63) is 63.7 Å². The predicted molar refractivity (Wildman–Crippen MR) is 87.6 cm³/mol. The van der Waals surface area contributed by atoms with Crippen molar-refractivity contribution in [1.82, 2.24) is 10.2 Å². The number of nitro groups is 1. The van der Waals surface area contributed by atoms with E-state index in [1.54, 1.807) is 17.0 Å². The first-order valence-corrected chi connectivity index (χ1v) is 7.97. The van der Waals surface area contributed by atoms with Gasteiger partial charge in [0.15, 0.2) is 5.76 Å². The fourth-order valence-electron chi connectivity index (χ4n) is 2.83. The third kappa shape index (κ3) is 4.05.